The molecule has 1 fully saturated rings. The van der Waals surface area contributed by atoms with Crippen LogP contribution in [0.3, 0.4) is 0 Å². The van der Waals surface area contributed by atoms with Crippen LogP contribution in [0.25, 0.3) is 0 Å². The molecule has 1 amide bonds. The normalized spacial score (nSPS) is 35.9. The van der Waals surface area contributed by atoms with Crippen LogP contribution in [0.1, 0.15) is 20.3 Å². The van der Waals surface area contributed by atoms with Crippen molar-refractivity contribution in [3.8, 4) is 0 Å². The Kier molecular flexibility index (Phi) is 5.66. The molecule has 0 aromatic rings. The Labute approximate surface area is 155 Å². The van der Waals surface area contributed by atoms with Gasteiger partial charge in [-0.3, -0.25) is 9.59 Å². The molecule has 0 spiro atoms. The largest absolute Gasteiger partial charge is 0.463 e. The number of esters is 1. The maximum Gasteiger partial charge on any atom is 0.310 e. The zero-order chi connectivity index (χ0) is 19.7. The fraction of sp³-hybridized carbons (Fsp3) is 0.556. The van der Waals surface area contributed by atoms with Crippen molar-refractivity contribution < 1.29 is 39.1 Å². The van der Waals surface area contributed by atoms with Gasteiger partial charge in [0, 0.05) is 13.0 Å². The van der Waals surface area contributed by atoms with Gasteiger partial charge < -0.3 is 34.8 Å². The second-order valence-corrected chi connectivity index (χ2v) is 6.78. The molecule has 4 N–H and O–H groups in total. The van der Waals surface area contributed by atoms with Gasteiger partial charge in [0.2, 0.25) is 12.2 Å². The number of carbonyl (C=O) groups is 2. The lowest BCUT2D eigenvalue weighted by Gasteiger charge is -2.42. The summed E-state index contributed by atoms with van der Waals surface area (Å²) in [6.45, 7) is 2.58. The molecule has 27 heavy (non-hydrogen) atoms. The number of allylic oxidation sites excluding steroid dienone is 1. The van der Waals surface area contributed by atoms with Crippen molar-refractivity contribution in [1.29, 1.82) is 0 Å². The van der Waals surface area contributed by atoms with Gasteiger partial charge in [0.1, 0.15) is 36.2 Å². The number of aliphatic hydroxyl groups is 3. The molecule has 2 aliphatic heterocycles. The first-order valence-electron chi connectivity index (χ1n) is 8.65. The summed E-state index contributed by atoms with van der Waals surface area (Å²) in [7, 11) is 0. The number of rotatable bonds is 4. The third-order valence-electron chi connectivity index (χ3n) is 4.71. The Morgan fingerprint density at radius 2 is 2.07 bits per heavy atom. The lowest BCUT2D eigenvalue weighted by atomic mass is 9.94. The highest BCUT2D eigenvalue weighted by Gasteiger charge is 2.46. The van der Waals surface area contributed by atoms with Gasteiger partial charge in [-0.2, -0.15) is 0 Å². The molecule has 0 unspecified atom stereocenters. The molecule has 1 aliphatic carbocycles. The lowest BCUT2D eigenvalue weighted by Crippen LogP contribution is -2.64. The van der Waals surface area contributed by atoms with E-state index in [4.69, 9.17) is 14.2 Å². The summed E-state index contributed by atoms with van der Waals surface area (Å²) in [4.78, 5) is 23.1. The topological polar surface area (TPSA) is 135 Å². The molecule has 3 aliphatic rings. The first-order valence-corrected chi connectivity index (χ1v) is 8.65. The Morgan fingerprint density at radius 1 is 1.33 bits per heavy atom. The van der Waals surface area contributed by atoms with E-state index in [2.05, 4.69) is 5.32 Å². The zero-order valence-corrected chi connectivity index (χ0v) is 15.0. The van der Waals surface area contributed by atoms with E-state index < -0.39 is 49.3 Å². The van der Waals surface area contributed by atoms with Crippen LogP contribution >= 0.6 is 0 Å². The van der Waals surface area contributed by atoms with E-state index >= 15 is 0 Å². The minimum absolute atomic E-state index is 0.235. The van der Waals surface area contributed by atoms with Gasteiger partial charge in [0.25, 0.3) is 0 Å². The summed E-state index contributed by atoms with van der Waals surface area (Å²) in [5.41, 5.74) is 1.78. The average molecular weight is 381 g/mol. The van der Waals surface area contributed by atoms with Gasteiger partial charge >= 0.3 is 5.97 Å². The van der Waals surface area contributed by atoms with Crippen molar-refractivity contribution in [1.82, 2.24) is 5.32 Å². The second kappa shape index (κ2) is 7.81. The van der Waals surface area contributed by atoms with E-state index in [1.54, 1.807) is 18.2 Å². The van der Waals surface area contributed by atoms with E-state index in [1.807, 2.05) is 6.92 Å². The van der Waals surface area contributed by atoms with Crippen molar-refractivity contribution >= 4 is 11.9 Å². The molecule has 0 aromatic heterocycles. The van der Waals surface area contributed by atoms with Crippen LogP contribution in [0.4, 0.5) is 0 Å². The highest BCUT2D eigenvalue weighted by Crippen LogP contribution is 2.31. The van der Waals surface area contributed by atoms with Crippen LogP contribution in [0.5, 0.6) is 0 Å². The van der Waals surface area contributed by atoms with E-state index in [1.165, 1.54) is 6.92 Å². The molecule has 9 nitrogen and oxygen atoms in total. The maximum atomic E-state index is 11.6. The van der Waals surface area contributed by atoms with Crippen molar-refractivity contribution in [3.05, 3.63) is 35.1 Å². The summed E-state index contributed by atoms with van der Waals surface area (Å²) in [6, 6.07) is -1.05. The number of fused-ring (bicyclic) bond motifs is 1. The molecular weight excluding hydrogens is 358 g/mol. The number of aliphatic hydroxyl groups excluding tert-OH is 3. The number of amides is 1. The number of hydrogen-bond acceptors (Lipinski definition) is 8. The van der Waals surface area contributed by atoms with E-state index in [-0.39, 0.29) is 12.4 Å². The zero-order valence-electron chi connectivity index (χ0n) is 15.0. The molecule has 6 atom stereocenters. The molecule has 148 valence electrons. The Bertz CT molecular complexity index is 712. The fourth-order valence-corrected chi connectivity index (χ4v) is 3.33. The van der Waals surface area contributed by atoms with Crippen LogP contribution in [0.2, 0.25) is 0 Å². The summed E-state index contributed by atoms with van der Waals surface area (Å²) in [5, 5.41) is 32.2. The van der Waals surface area contributed by atoms with Crippen LogP contribution < -0.4 is 5.32 Å². The maximum absolute atomic E-state index is 11.6. The lowest BCUT2D eigenvalue weighted by molar-refractivity contribution is -0.258. The van der Waals surface area contributed by atoms with Crippen LogP contribution in [0, 0.1) is 0 Å². The molecule has 0 aromatic carbocycles. The molecule has 1 saturated heterocycles. The predicted octanol–water partition coefficient (Wildman–Crippen LogP) is -0.968. The van der Waals surface area contributed by atoms with Gasteiger partial charge in [-0.25, -0.2) is 0 Å². The van der Waals surface area contributed by atoms with E-state index in [9.17, 15) is 24.9 Å². The summed E-state index contributed by atoms with van der Waals surface area (Å²) in [5.74, 6) is -0.468. The average Bonchev–Trinajstić information content (AvgIpc) is 2.60. The van der Waals surface area contributed by atoms with Crippen molar-refractivity contribution in [2.75, 3.05) is 6.61 Å². The third-order valence-corrected chi connectivity index (χ3v) is 4.71. The minimum Gasteiger partial charge on any atom is -0.463 e. The molecule has 3 rings (SSSR count). The third kappa shape index (κ3) is 4.06. The first kappa shape index (κ1) is 19.6. The molecule has 0 bridgehead atoms. The second-order valence-electron chi connectivity index (χ2n) is 6.78. The molecule has 9 heteroatoms. The van der Waals surface area contributed by atoms with E-state index in [0.29, 0.717) is 5.76 Å². The quantitative estimate of drug-likeness (QED) is 0.457. The first-order chi connectivity index (χ1) is 12.8. The van der Waals surface area contributed by atoms with Crippen molar-refractivity contribution in [2.45, 2.75) is 57.0 Å². The van der Waals surface area contributed by atoms with Crippen LogP contribution in [-0.2, 0) is 23.8 Å². The molecule has 0 saturated carbocycles. The van der Waals surface area contributed by atoms with Gasteiger partial charge in [0.15, 0.2) is 0 Å². The number of hydrogen-bond donors (Lipinski definition) is 4. The fourth-order valence-electron chi connectivity index (χ4n) is 3.33. The number of ether oxygens (including phenoxy) is 3. The Hall–Kier alpha value is -2.20. The van der Waals surface area contributed by atoms with Crippen molar-refractivity contribution in [3.63, 3.8) is 0 Å². The van der Waals surface area contributed by atoms with Gasteiger partial charge in [-0.1, -0.05) is 11.6 Å². The smallest absolute Gasteiger partial charge is 0.310 e. The highest BCUT2D eigenvalue weighted by molar-refractivity contribution is 5.76. The monoisotopic (exact) mass is 381 g/mol. The highest BCUT2D eigenvalue weighted by atomic mass is 16.7. The molecular formula is C18H23NO8. The van der Waals surface area contributed by atoms with Crippen LogP contribution in [-0.4, -0.2) is 70.6 Å². The molecule has 0 radical (unpaired) electrons. The number of nitrogens with one attached hydrogen (secondary N) is 1. The summed E-state index contributed by atoms with van der Waals surface area (Å²) >= 11 is 0. The Balaban J connectivity index is 1.80. The Morgan fingerprint density at radius 3 is 2.74 bits per heavy atom. The van der Waals surface area contributed by atoms with Crippen LogP contribution in [0.15, 0.2) is 35.1 Å². The van der Waals surface area contributed by atoms with Gasteiger partial charge in [-0.15, -0.1) is 0 Å². The number of carbonyl (C=O) groups excluding carboxylic acids is 2. The van der Waals surface area contributed by atoms with Gasteiger partial charge in [0.05, 0.1) is 13.0 Å². The SMILES string of the molecule is CC(=O)N[C@@H]1[C@@H](OC2=C[C@@H]3OC(=O)CC(C)=C3C=C2)O[C@H](CO)[C@H](O)[C@@H]1O. The standard InChI is InChI=1S/C18H23NO8/c1-8-5-14(22)26-12-6-10(3-4-11(8)12)25-18-15(19-9(2)21)17(24)16(23)13(7-20)27-18/h3-4,6,12-13,15-18,20,23-24H,5,7H2,1-2H3,(H,19,21)/t12-,13+,15-,16-,17+,18-/m0/s1. The van der Waals surface area contributed by atoms with Gasteiger partial charge in [-0.05, 0) is 18.6 Å². The predicted molar refractivity (Wildman–Crippen MR) is 90.9 cm³/mol. The van der Waals surface area contributed by atoms with Crippen molar-refractivity contribution in [2.24, 2.45) is 0 Å². The minimum atomic E-state index is -1.40. The molecule has 2 heterocycles. The summed E-state index contributed by atoms with van der Waals surface area (Å²) < 4.78 is 16.6. The van der Waals surface area contributed by atoms with E-state index in [0.717, 1.165) is 11.1 Å². The summed E-state index contributed by atoms with van der Waals surface area (Å²) in [6.07, 6.45) is -0.352.